The zero-order chi connectivity index (χ0) is 12.4. The van der Waals surface area contributed by atoms with E-state index >= 15 is 0 Å². The standard InChI is InChI=1S/C15H30N2/c1-11-7-8-12(2)15(10-11)17-9-5-4-6-14(17)13(3)16/h11-15H,4-10,16H2,1-3H3. The normalized spacial score (nSPS) is 42.4. The van der Waals surface area contributed by atoms with Crippen molar-refractivity contribution in [2.75, 3.05) is 6.54 Å². The molecule has 2 fully saturated rings. The van der Waals surface area contributed by atoms with Gasteiger partial charge in [-0.05, 0) is 51.0 Å². The number of likely N-dealkylation sites (tertiary alicyclic amines) is 1. The van der Waals surface area contributed by atoms with E-state index in [-0.39, 0.29) is 0 Å². The van der Waals surface area contributed by atoms with E-state index in [1.54, 1.807) is 0 Å². The van der Waals surface area contributed by atoms with E-state index < -0.39 is 0 Å². The van der Waals surface area contributed by atoms with Crippen molar-refractivity contribution in [2.45, 2.75) is 77.4 Å². The second kappa shape index (κ2) is 5.71. The molecular formula is C15H30N2. The molecule has 100 valence electrons. The lowest BCUT2D eigenvalue weighted by molar-refractivity contribution is 0.0230. The van der Waals surface area contributed by atoms with Crippen molar-refractivity contribution >= 4 is 0 Å². The van der Waals surface area contributed by atoms with Crippen LogP contribution in [0, 0.1) is 11.8 Å². The number of piperidine rings is 1. The number of rotatable bonds is 2. The summed E-state index contributed by atoms with van der Waals surface area (Å²) in [7, 11) is 0. The summed E-state index contributed by atoms with van der Waals surface area (Å²) in [4.78, 5) is 2.77. The Morgan fingerprint density at radius 2 is 1.88 bits per heavy atom. The summed E-state index contributed by atoms with van der Waals surface area (Å²) in [5, 5.41) is 0. The van der Waals surface area contributed by atoms with Gasteiger partial charge in [-0.1, -0.05) is 26.7 Å². The summed E-state index contributed by atoms with van der Waals surface area (Å²) in [6.07, 6.45) is 8.29. The van der Waals surface area contributed by atoms with Gasteiger partial charge in [-0.15, -0.1) is 0 Å². The van der Waals surface area contributed by atoms with Gasteiger partial charge in [0.2, 0.25) is 0 Å². The molecule has 5 unspecified atom stereocenters. The van der Waals surface area contributed by atoms with Gasteiger partial charge in [-0.25, -0.2) is 0 Å². The molecule has 1 aliphatic carbocycles. The molecule has 2 nitrogen and oxygen atoms in total. The van der Waals surface area contributed by atoms with Crippen LogP contribution in [0.4, 0.5) is 0 Å². The third kappa shape index (κ3) is 3.03. The molecule has 1 heterocycles. The molecule has 1 saturated carbocycles. The number of nitrogens with zero attached hydrogens (tertiary/aromatic N) is 1. The molecule has 2 rings (SSSR count). The van der Waals surface area contributed by atoms with Crippen LogP contribution in [0.3, 0.4) is 0 Å². The average Bonchev–Trinajstić information content (AvgIpc) is 2.32. The van der Waals surface area contributed by atoms with Gasteiger partial charge in [0.05, 0.1) is 0 Å². The van der Waals surface area contributed by atoms with Crippen LogP contribution in [0.2, 0.25) is 0 Å². The van der Waals surface area contributed by atoms with Gasteiger partial charge in [0.25, 0.3) is 0 Å². The number of hydrogen-bond acceptors (Lipinski definition) is 2. The summed E-state index contributed by atoms with van der Waals surface area (Å²) >= 11 is 0. The molecule has 0 amide bonds. The van der Waals surface area contributed by atoms with E-state index in [9.17, 15) is 0 Å². The van der Waals surface area contributed by atoms with Crippen LogP contribution >= 0.6 is 0 Å². The minimum absolute atomic E-state index is 0.333. The molecule has 0 bridgehead atoms. The Labute approximate surface area is 107 Å². The minimum atomic E-state index is 0.333. The van der Waals surface area contributed by atoms with Crippen LogP contribution in [0.25, 0.3) is 0 Å². The van der Waals surface area contributed by atoms with Gasteiger partial charge < -0.3 is 5.73 Å². The van der Waals surface area contributed by atoms with E-state index in [4.69, 9.17) is 5.73 Å². The highest BCUT2D eigenvalue weighted by Crippen LogP contribution is 2.35. The molecule has 2 N–H and O–H groups in total. The number of nitrogens with two attached hydrogens (primary N) is 1. The molecule has 1 aliphatic heterocycles. The first kappa shape index (κ1) is 13.4. The van der Waals surface area contributed by atoms with E-state index in [1.807, 2.05) is 0 Å². The fourth-order valence-corrected chi connectivity index (χ4v) is 3.92. The van der Waals surface area contributed by atoms with Gasteiger partial charge in [-0.2, -0.15) is 0 Å². The highest BCUT2D eigenvalue weighted by Gasteiger charge is 2.36. The van der Waals surface area contributed by atoms with Gasteiger partial charge in [0.1, 0.15) is 0 Å². The van der Waals surface area contributed by atoms with Crippen LogP contribution in [-0.2, 0) is 0 Å². The summed E-state index contributed by atoms with van der Waals surface area (Å²) in [5.41, 5.74) is 6.20. The molecule has 5 atom stereocenters. The zero-order valence-corrected chi connectivity index (χ0v) is 11.9. The summed E-state index contributed by atoms with van der Waals surface area (Å²) < 4.78 is 0. The van der Waals surface area contributed by atoms with E-state index in [1.165, 1.54) is 45.1 Å². The van der Waals surface area contributed by atoms with Crippen LogP contribution in [0.5, 0.6) is 0 Å². The van der Waals surface area contributed by atoms with Crippen molar-refractivity contribution in [1.29, 1.82) is 0 Å². The molecule has 2 aliphatic rings. The molecular weight excluding hydrogens is 208 g/mol. The first-order valence-corrected chi connectivity index (χ1v) is 7.61. The van der Waals surface area contributed by atoms with Crippen LogP contribution in [0.1, 0.15) is 59.3 Å². The lowest BCUT2D eigenvalue weighted by atomic mass is 9.77. The maximum absolute atomic E-state index is 6.20. The Kier molecular flexibility index (Phi) is 4.48. The molecule has 0 aromatic rings. The lowest BCUT2D eigenvalue weighted by Crippen LogP contribution is -2.56. The quantitative estimate of drug-likeness (QED) is 0.801. The Hall–Kier alpha value is -0.0800. The van der Waals surface area contributed by atoms with Crippen molar-refractivity contribution in [3.05, 3.63) is 0 Å². The lowest BCUT2D eigenvalue weighted by Gasteiger charge is -2.48. The van der Waals surface area contributed by atoms with Gasteiger partial charge in [-0.3, -0.25) is 4.90 Å². The molecule has 1 saturated heterocycles. The minimum Gasteiger partial charge on any atom is -0.327 e. The third-order valence-electron chi connectivity index (χ3n) is 5.04. The molecule has 17 heavy (non-hydrogen) atoms. The predicted octanol–water partition coefficient (Wildman–Crippen LogP) is 3.01. The second-order valence-electron chi connectivity index (χ2n) is 6.62. The predicted molar refractivity (Wildman–Crippen MR) is 74.0 cm³/mol. The highest BCUT2D eigenvalue weighted by atomic mass is 15.2. The zero-order valence-electron chi connectivity index (χ0n) is 11.9. The Bertz CT molecular complexity index is 239. The van der Waals surface area contributed by atoms with E-state index in [2.05, 4.69) is 25.7 Å². The van der Waals surface area contributed by atoms with Crippen LogP contribution in [-0.4, -0.2) is 29.6 Å². The largest absolute Gasteiger partial charge is 0.327 e. The molecule has 0 spiro atoms. The molecule has 0 radical (unpaired) electrons. The van der Waals surface area contributed by atoms with Gasteiger partial charge in [0.15, 0.2) is 0 Å². The first-order chi connectivity index (χ1) is 8.09. The van der Waals surface area contributed by atoms with Crippen molar-refractivity contribution in [1.82, 2.24) is 4.90 Å². The summed E-state index contributed by atoms with van der Waals surface area (Å²) in [6, 6.07) is 1.77. The number of hydrogen-bond donors (Lipinski definition) is 1. The SMILES string of the molecule is CC1CCC(C)C(N2CCCCC2C(C)N)C1. The topological polar surface area (TPSA) is 29.3 Å². The fourth-order valence-electron chi connectivity index (χ4n) is 3.92. The van der Waals surface area contributed by atoms with Crippen LogP contribution < -0.4 is 5.73 Å². The van der Waals surface area contributed by atoms with Gasteiger partial charge in [0, 0.05) is 18.1 Å². The summed E-state index contributed by atoms with van der Waals surface area (Å²) in [6.45, 7) is 8.35. The average molecular weight is 238 g/mol. The summed E-state index contributed by atoms with van der Waals surface area (Å²) in [5.74, 6) is 1.78. The van der Waals surface area contributed by atoms with Crippen molar-refractivity contribution in [3.63, 3.8) is 0 Å². The monoisotopic (exact) mass is 238 g/mol. The Morgan fingerprint density at radius 3 is 2.59 bits per heavy atom. The van der Waals surface area contributed by atoms with Crippen LogP contribution in [0.15, 0.2) is 0 Å². The maximum atomic E-state index is 6.20. The first-order valence-electron chi connectivity index (χ1n) is 7.61. The fraction of sp³-hybridized carbons (Fsp3) is 1.00. The van der Waals surface area contributed by atoms with Crippen molar-refractivity contribution in [3.8, 4) is 0 Å². The smallest absolute Gasteiger partial charge is 0.0247 e. The molecule has 0 aromatic carbocycles. The molecule has 0 aromatic heterocycles. The van der Waals surface area contributed by atoms with E-state index in [0.29, 0.717) is 12.1 Å². The van der Waals surface area contributed by atoms with E-state index in [0.717, 1.165) is 17.9 Å². The second-order valence-corrected chi connectivity index (χ2v) is 6.62. The van der Waals surface area contributed by atoms with Crippen molar-refractivity contribution < 1.29 is 0 Å². The third-order valence-corrected chi connectivity index (χ3v) is 5.04. The van der Waals surface area contributed by atoms with Crippen molar-refractivity contribution in [2.24, 2.45) is 17.6 Å². The maximum Gasteiger partial charge on any atom is 0.0247 e. The Balaban J connectivity index is 2.06. The molecule has 2 heteroatoms. The van der Waals surface area contributed by atoms with Gasteiger partial charge >= 0.3 is 0 Å². The Morgan fingerprint density at radius 1 is 1.12 bits per heavy atom. The highest BCUT2D eigenvalue weighted by molar-refractivity contribution is 4.91.